The molecule has 1 aromatic heterocycles. The second-order valence-corrected chi connectivity index (χ2v) is 11.8. The van der Waals surface area contributed by atoms with Crippen molar-refractivity contribution in [3.63, 3.8) is 0 Å². The Morgan fingerprint density at radius 3 is 2.42 bits per heavy atom. The van der Waals surface area contributed by atoms with E-state index >= 15 is 0 Å². The number of urea groups is 1. The monoisotopic (exact) mass is 611 g/mol. The number of para-hydroxylation sites is 1. The van der Waals surface area contributed by atoms with E-state index < -0.39 is 12.1 Å². The smallest absolute Gasteiger partial charge is 0.323 e. The van der Waals surface area contributed by atoms with E-state index in [2.05, 4.69) is 57.1 Å². The van der Waals surface area contributed by atoms with Crippen molar-refractivity contribution in [2.75, 3.05) is 37.4 Å². The normalized spacial score (nSPS) is 17.2. The molecule has 0 saturated heterocycles. The third kappa shape index (κ3) is 7.35. The first-order valence-corrected chi connectivity index (χ1v) is 15.2. The lowest BCUT2D eigenvalue weighted by Gasteiger charge is -2.38. The van der Waals surface area contributed by atoms with Crippen LogP contribution < -0.4 is 15.4 Å². The van der Waals surface area contributed by atoms with E-state index in [0.29, 0.717) is 53.8 Å². The fraction of sp³-hybridized carbons (Fsp3) is 0.343. The van der Waals surface area contributed by atoms with E-state index in [9.17, 15) is 14.7 Å². The van der Waals surface area contributed by atoms with Crippen LogP contribution in [0, 0.1) is 19.8 Å². The number of hydrogen-bond donors (Lipinski definition) is 3. The molecule has 3 aromatic carbocycles. The Labute approximate surface area is 264 Å². The number of nitrogens with one attached hydrogen (secondary N) is 2. The number of likely N-dealkylation sites (N-methyl/N-ethyl adjacent to an activating group) is 1. The molecule has 0 saturated carbocycles. The van der Waals surface area contributed by atoms with Crippen LogP contribution in [0.2, 0.25) is 0 Å². The standard InChI is InChI=1S/C35H41N5O5/c1-22-18-40(23(2)21-41)34(42)29-12-9-13-30(36-35(43)37-32-24(3)38-45-25(32)4)33(29)44-31(22)20-39(5)19-26-14-16-28(17-15-26)27-10-7-6-8-11-27/h6-17,22-23,31,41H,18-21H2,1-5H3,(H2,36,37,43)/t22-,23+,31+/m1/s1. The zero-order chi connectivity index (χ0) is 32.1. The number of benzene rings is 3. The van der Waals surface area contributed by atoms with E-state index in [-0.39, 0.29) is 24.5 Å². The lowest BCUT2D eigenvalue weighted by Crippen LogP contribution is -2.49. The summed E-state index contributed by atoms with van der Waals surface area (Å²) >= 11 is 0. The van der Waals surface area contributed by atoms with Crippen molar-refractivity contribution in [3.05, 3.63) is 95.4 Å². The maximum atomic E-state index is 13.8. The molecule has 0 spiro atoms. The first-order chi connectivity index (χ1) is 21.6. The SMILES string of the molecule is Cc1noc(C)c1NC(=O)Nc1cccc2c1O[C@@H](CN(C)Cc1ccc(-c3ccccc3)cc1)[C@H](C)CN([C@@H](C)CO)C2=O. The number of aliphatic hydroxyl groups is 1. The van der Waals surface area contributed by atoms with Gasteiger partial charge in [-0.25, -0.2) is 4.79 Å². The number of ether oxygens (including phenoxy) is 1. The molecule has 10 nitrogen and oxygen atoms in total. The number of hydrogen-bond acceptors (Lipinski definition) is 7. The predicted molar refractivity (Wildman–Crippen MR) is 174 cm³/mol. The second-order valence-electron chi connectivity index (χ2n) is 11.8. The van der Waals surface area contributed by atoms with Gasteiger partial charge in [-0.3, -0.25) is 9.69 Å². The maximum Gasteiger partial charge on any atom is 0.323 e. The number of carbonyl (C=O) groups excluding carboxylic acids is 2. The fourth-order valence-corrected chi connectivity index (χ4v) is 5.60. The lowest BCUT2D eigenvalue weighted by atomic mass is 9.98. The van der Waals surface area contributed by atoms with Crippen molar-refractivity contribution >= 4 is 23.3 Å². The summed E-state index contributed by atoms with van der Waals surface area (Å²) in [6.07, 6.45) is -0.326. The van der Waals surface area contributed by atoms with Crippen molar-refractivity contribution in [1.29, 1.82) is 0 Å². The number of aliphatic hydroxyl groups excluding tert-OH is 1. The van der Waals surface area contributed by atoms with Crippen LogP contribution in [-0.2, 0) is 6.54 Å². The Bertz CT molecular complexity index is 1600. The summed E-state index contributed by atoms with van der Waals surface area (Å²) in [5, 5.41) is 19.5. The Kier molecular flexibility index (Phi) is 9.85. The van der Waals surface area contributed by atoms with Gasteiger partial charge in [0, 0.05) is 25.6 Å². The molecule has 5 rings (SSSR count). The highest BCUT2D eigenvalue weighted by molar-refractivity contribution is 6.04. The number of fused-ring (bicyclic) bond motifs is 1. The van der Waals surface area contributed by atoms with Gasteiger partial charge in [-0.1, -0.05) is 72.7 Å². The van der Waals surface area contributed by atoms with Crippen LogP contribution in [0.4, 0.5) is 16.2 Å². The van der Waals surface area contributed by atoms with Gasteiger partial charge in [0.05, 0.1) is 23.9 Å². The van der Waals surface area contributed by atoms with Crippen LogP contribution in [0.3, 0.4) is 0 Å². The first kappa shape index (κ1) is 31.7. The van der Waals surface area contributed by atoms with Gasteiger partial charge in [0.15, 0.2) is 11.5 Å². The minimum absolute atomic E-state index is 0.0804. The summed E-state index contributed by atoms with van der Waals surface area (Å²) < 4.78 is 11.8. The molecule has 0 fully saturated rings. The molecule has 1 aliphatic rings. The predicted octanol–water partition coefficient (Wildman–Crippen LogP) is 5.95. The van der Waals surface area contributed by atoms with Crippen molar-refractivity contribution in [3.8, 4) is 16.9 Å². The van der Waals surface area contributed by atoms with Crippen molar-refractivity contribution in [1.82, 2.24) is 15.0 Å². The molecule has 3 atom stereocenters. The molecule has 0 bridgehead atoms. The largest absolute Gasteiger partial charge is 0.486 e. The second kappa shape index (κ2) is 14.0. The molecule has 0 aliphatic carbocycles. The van der Waals surface area contributed by atoms with Gasteiger partial charge in [-0.05, 0) is 56.6 Å². The molecule has 0 radical (unpaired) electrons. The van der Waals surface area contributed by atoms with E-state index in [1.54, 1.807) is 36.9 Å². The number of carbonyl (C=O) groups is 2. The third-order valence-corrected chi connectivity index (χ3v) is 8.22. The van der Waals surface area contributed by atoms with E-state index in [0.717, 1.165) is 5.56 Å². The number of aromatic nitrogens is 1. The van der Waals surface area contributed by atoms with Gasteiger partial charge < -0.3 is 29.9 Å². The van der Waals surface area contributed by atoms with Crippen LogP contribution in [0.1, 0.15) is 41.2 Å². The van der Waals surface area contributed by atoms with Gasteiger partial charge in [0.1, 0.15) is 17.5 Å². The summed E-state index contributed by atoms with van der Waals surface area (Å²) in [5.74, 6) is 0.433. The van der Waals surface area contributed by atoms with E-state index in [1.807, 2.05) is 39.1 Å². The zero-order valence-electron chi connectivity index (χ0n) is 26.4. The van der Waals surface area contributed by atoms with Crippen LogP contribution in [0.5, 0.6) is 5.75 Å². The van der Waals surface area contributed by atoms with Crippen molar-refractivity contribution in [2.45, 2.75) is 46.4 Å². The van der Waals surface area contributed by atoms with Crippen LogP contribution in [0.25, 0.3) is 11.1 Å². The average molecular weight is 612 g/mol. The van der Waals surface area contributed by atoms with E-state index in [4.69, 9.17) is 9.26 Å². The van der Waals surface area contributed by atoms with Crippen LogP contribution in [-0.4, -0.2) is 70.9 Å². The zero-order valence-corrected chi connectivity index (χ0v) is 26.4. The van der Waals surface area contributed by atoms with Crippen LogP contribution >= 0.6 is 0 Å². The average Bonchev–Trinajstić information content (AvgIpc) is 3.35. The molecule has 0 unspecified atom stereocenters. The summed E-state index contributed by atoms with van der Waals surface area (Å²) in [6.45, 7) is 8.83. The molecular formula is C35H41N5O5. The number of anilines is 2. The van der Waals surface area contributed by atoms with Gasteiger partial charge >= 0.3 is 6.03 Å². The third-order valence-electron chi connectivity index (χ3n) is 8.22. The summed E-state index contributed by atoms with van der Waals surface area (Å²) in [5.41, 5.74) is 5.22. The fourth-order valence-electron chi connectivity index (χ4n) is 5.60. The van der Waals surface area contributed by atoms with E-state index in [1.165, 1.54) is 11.1 Å². The lowest BCUT2D eigenvalue weighted by molar-refractivity contribution is 0.0343. The molecule has 3 amide bonds. The Morgan fingerprint density at radius 2 is 1.76 bits per heavy atom. The number of nitrogens with zero attached hydrogens (tertiary/aromatic N) is 3. The quantitative estimate of drug-likeness (QED) is 0.214. The molecule has 10 heteroatoms. The number of aryl methyl sites for hydroxylation is 2. The molecule has 45 heavy (non-hydrogen) atoms. The van der Waals surface area contributed by atoms with Crippen molar-refractivity contribution in [2.24, 2.45) is 5.92 Å². The summed E-state index contributed by atoms with van der Waals surface area (Å²) in [7, 11) is 2.04. The molecule has 4 aromatic rings. The molecule has 1 aliphatic heterocycles. The van der Waals surface area contributed by atoms with Crippen LogP contribution in [0.15, 0.2) is 77.3 Å². The van der Waals surface area contributed by atoms with Gasteiger partial charge in [-0.2, -0.15) is 0 Å². The summed E-state index contributed by atoms with van der Waals surface area (Å²) in [6, 6.07) is 23.0. The Balaban J connectivity index is 1.38. The Hall–Kier alpha value is -4.67. The van der Waals surface area contributed by atoms with Gasteiger partial charge in [-0.15, -0.1) is 0 Å². The molecule has 2 heterocycles. The maximum absolute atomic E-state index is 13.8. The molecular weight excluding hydrogens is 570 g/mol. The molecule has 3 N–H and O–H groups in total. The minimum Gasteiger partial charge on any atom is -0.486 e. The van der Waals surface area contributed by atoms with Gasteiger partial charge in [0.2, 0.25) is 0 Å². The highest BCUT2D eigenvalue weighted by atomic mass is 16.5. The van der Waals surface area contributed by atoms with Crippen molar-refractivity contribution < 1.29 is 24.0 Å². The minimum atomic E-state index is -0.517. The molecule has 236 valence electrons. The topological polar surface area (TPSA) is 120 Å². The number of amides is 3. The number of rotatable bonds is 9. The highest BCUT2D eigenvalue weighted by Gasteiger charge is 2.34. The first-order valence-electron chi connectivity index (χ1n) is 15.2. The van der Waals surface area contributed by atoms with Gasteiger partial charge in [0.25, 0.3) is 5.91 Å². The Morgan fingerprint density at radius 1 is 1.04 bits per heavy atom. The summed E-state index contributed by atoms with van der Waals surface area (Å²) in [4.78, 5) is 30.8. The highest BCUT2D eigenvalue weighted by Crippen LogP contribution is 2.35.